The third kappa shape index (κ3) is 2.97. The van der Waals surface area contributed by atoms with Crippen molar-refractivity contribution in [1.29, 1.82) is 5.41 Å². The summed E-state index contributed by atoms with van der Waals surface area (Å²) < 4.78 is 0. The molecule has 3 heteroatoms. The fraction of sp³-hybridized carbons (Fsp3) is 0.174. The Morgan fingerprint density at radius 3 is 2.54 bits per heavy atom. The Hall–Kier alpha value is -3.07. The monoisotopic (exact) mass is 341 g/mol. The van der Waals surface area contributed by atoms with Gasteiger partial charge in [-0.3, -0.25) is 5.41 Å². The van der Waals surface area contributed by atoms with Gasteiger partial charge in [0.15, 0.2) is 5.96 Å². The first-order valence-corrected chi connectivity index (χ1v) is 9.12. The molecule has 0 spiro atoms. The highest BCUT2D eigenvalue weighted by molar-refractivity contribution is 6.13. The quantitative estimate of drug-likeness (QED) is 0.301. The molecule has 3 aromatic carbocycles. The second-order valence-corrected chi connectivity index (χ2v) is 6.87. The average Bonchev–Trinajstić information content (AvgIpc) is 3.08. The van der Waals surface area contributed by atoms with Crippen molar-refractivity contribution in [2.75, 3.05) is 10.6 Å². The highest BCUT2D eigenvalue weighted by atomic mass is 15.1. The highest BCUT2D eigenvalue weighted by Crippen LogP contribution is 2.35. The Morgan fingerprint density at radius 1 is 0.962 bits per heavy atom. The summed E-state index contributed by atoms with van der Waals surface area (Å²) >= 11 is 0. The average molecular weight is 341 g/mol. The zero-order valence-corrected chi connectivity index (χ0v) is 15.1. The van der Waals surface area contributed by atoms with Gasteiger partial charge in [0.1, 0.15) is 0 Å². The van der Waals surface area contributed by atoms with E-state index in [1.54, 1.807) is 0 Å². The summed E-state index contributed by atoms with van der Waals surface area (Å²) in [6.45, 7) is 4.42. The Morgan fingerprint density at radius 2 is 1.73 bits per heavy atom. The van der Waals surface area contributed by atoms with Crippen molar-refractivity contribution in [3.8, 4) is 0 Å². The van der Waals surface area contributed by atoms with Crippen molar-refractivity contribution in [1.82, 2.24) is 0 Å². The first kappa shape index (κ1) is 16.4. The maximum atomic E-state index is 8.35. The van der Waals surface area contributed by atoms with Gasteiger partial charge in [0.25, 0.3) is 0 Å². The third-order valence-corrected chi connectivity index (χ3v) is 5.14. The van der Waals surface area contributed by atoms with E-state index in [1.165, 1.54) is 22.1 Å². The lowest BCUT2D eigenvalue weighted by Crippen LogP contribution is -2.20. The van der Waals surface area contributed by atoms with E-state index in [1.807, 2.05) is 18.2 Å². The highest BCUT2D eigenvalue weighted by Gasteiger charge is 2.12. The maximum Gasteiger partial charge on any atom is 0.197 e. The Labute approximate surface area is 154 Å². The Bertz CT molecular complexity index is 1000. The number of benzene rings is 3. The van der Waals surface area contributed by atoms with E-state index >= 15 is 0 Å². The molecule has 0 fully saturated rings. The summed E-state index contributed by atoms with van der Waals surface area (Å²) in [5.74, 6) is 0.792. The van der Waals surface area contributed by atoms with Crippen LogP contribution in [0.3, 0.4) is 0 Å². The first-order chi connectivity index (χ1) is 12.7. The summed E-state index contributed by atoms with van der Waals surface area (Å²) in [6.07, 6.45) is 5.39. The molecule has 3 aromatic rings. The molecule has 1 atom stereocenters. The van der Waals surface area contributed by atoms with E-state index in [9.17, 15) is 0 Å². The SMILES string of the molecule is CCC(C)c1cccc(NC(=N)Nc2ccc3c4c(cccc24)C=C3)c1. The van der Waals surface area contributed by atoms with E-state index in [0.717, 1.165) is 23.2 Å². The van der Waals surface area contributed by atoms with Gasteiger partial charge in [-0.1, -0.05) is 62.4 Å². The molecule has 1 unspecified atom stereocenters. The van der Waals surface area contributed by atoms with Crippen LogP contribution in [0.1, 0.15) is 42.9 Å². The fourth-order valence-corrected chi connectivity index (χ4v) is 3.50. The molecule has 1 aliphatic carbocycles. The molecule has 130 valence electrons. The second kappa shape index (κ2) is 6.68. The molecule has 0 saturated heterocycles. The van der Waals surface area contributed by atoms with Crippen LogP contribution in [-0.4, -0.2) is 5.96 Å². The minimum Gasteiger partial charge on any atom is -0.326 e. The number of rotatable bonds is 4. The van der Waals surface area contributed by atoms with E-state index in [-0.39, 0.29) is 5.96 Å². The number of hydrogen-bond acceptors (Lipinski definition) is 1. The predicted molar refractivity (Wildman–Crippen MR) is 113 cm³/mol. The van der Waals surface area contributed by atoms with Gasteiger partial charge in [0.05, 0.1) is 0 Å². The zero-order valence-electron chi connectivity index (χ0n) is 15.1. The number of guanidine groups is 1. The fourth-order valence-electron chi connectivity index (χ4n) is 3.50. The summed E-state index contributed by atoms with van der Waals surface area (Å²) in [5.41, 5.74) is 5.66. The normalized spacial score (nSPS) is 13.0. The van der Waals surface area contributed by atoms with E-state index in [4.69, 9.17) is 5.41 Å². The molecule has 0 amide bonds. The van der Waals surface area contributed by atoms with Crippen molar-refractivity contribution in [2.24, 2.45) is 0 Å². The molecule has 3 nitrogen and oxygen atoms in total. The maximum absolute atomic E-state index is 8.35. The lowest BCUT2D eigenvalue weighted by atomic mass is 9.98. The lowest BCUT2D eigenvalue weighted by molar-refractivity contribution is 0.734. The van der Waals surface area contributed by atoms with Crippen LogP contribution >= 0.6 is 0 Å². The topological polar surface area (TPSA) is 47.9 Å². The molecule has 0 heterocycles. The van der Waals surface area contributed by atoms with Crippen LogP contribution in [0.25, 0.3) is 22.9 Å². The molecule has 0 aliphatic heterocycles. The van der Waals surface area contributed by atoms with Crippen molar-refractivity contribution < 1.29 is 0 Å². The molecule has 0 aromatic heterocycles. The molecule has 4 rings (SSSR count). The van der Waals surface area contributed by atoms with Gasteiger partial charge in [-0.15, -0.1) is 0 Å². The van der Waals surface area contributed by atoms with Gasteiger partial charge < -0.3 is 10.6 Å². The number of anilines is 2. The first-order valence-electron chi connectivity index (χ1n) is 9.12. The van der Waals surface area contributed by atoms with Crippen molar-refractivity contribution >= 4 is 40.3 Å². The van der Waals surface area contributed by atoms with Gasteiger partial charge in [-0.2, -0.15) is 0 Å². The van der Waals surface area contributed by atoms with Gasteiger partial charge in [-0.25, -0.2) is 0 Å². The lowest BCUT2D eigenvalue weighted by Gasteiger charge is -2.15. The van der Waals surface area contributed by atoms with E-state index in [2.05, 4.69) is 73.0 Å². The molecular formula is C23H23N3. The number of hydrogen-bond donors (Lipinski definition) is 3. The van der Waals surface area contributed by atoms with Crippen LogP contribution in [0.2, 0.25) is 0 Å². The smallest absolute Gasteiger partial charge is 0.197 e. The predicted octanol–water partition coefficient (Wildman–Crippen LogP) is 6.30. The molecule has 0 radical (unpaired) electrons. The molecule has 26 heavy (non-hydrogen) atoms. The van der Waals surface area contributed by atoms with Gasteiger partial charge in [0, 0.05) is 16.8 Å². The van der Waals surface area contributed by atoms with Crippen molar-refractivity contribution in [3.05, 3.63) is 71.3 Å². The number of nitrogens with one attached hydrogen (secondary N) is 3. The van der Waals surface area contributed by atoms with Gasteiger partial charge >= 0.3 is 0 Å². The summed E-state index contributed by atoms with van der Waals surface area (Å²) in [4.78, 5) is 0. The van der Waals surface area contributed by atoms with Crippen LogP contribution in [0.4, 0.5) is 11.4 Å². The van der Waals surface area contributed by atoms with Gasteiger partial charge in [-0.05, 0) is 52.6 Å². The summed E-state index contributed by atoms with van der Waals surface area (Å²) in [7, 11) is 0. The largest absolute Gasteiger partial charge is 0.326 e. The van der Waals surface area contributed by atoms with Crippen LogP contribution in [0.5, 0.6) is 0 Å². The summed E-state index contributed by atoms with van der Waals surface area (Å²) in [6, 6.07) is 18.8. The van der Waals surface area contributed by atoms with E-state index in [0.29, 0.717) is 5.92 Å². The molecule has 0 saturated carbocycles. The standard InChI is InChI=1S/C23H23N3/c1-3-15(2)18-7-4-8-19(14-18)25-23(24)26-21-13-12-17-11-10-16-6-5-9-20(21)22(16)17/h4-15H,3H2,1-2H3,(H3,24,25,26). The Balaban J connectivity index is 1.56. The Kier molecular flexibility index (Phi) is 4.21. The zero-order chi connectivity index (χ0) is 18.1. The van der Waals surface area contributed by atoms with E-state index < -0.39 is 0 Å². The molecule has 3 N–H and O–H groups in total. The van der Waals surface area contributed by atoms with Gasteiger partial charge in [0.2, 0.25) is 0 Å². The molecule has 1 aliphatic rings. The van der Waals surface area contributed by atoms with Crippen LogP contribution < -0.4 is 10.6 Å². The minimum atomic E-state index is 0.276. The molecule has 0 bridgehead atoms. The van der Waals surface area contributed by atoms with Crippen LogP contribution in [-0.2, 0) is 0 Å². The third-order valence-electron chi connectivity index (χ3n) is 5.14. The molecular weight excluding hydrogens is 318 g/mol. The van der Waals surface area contributed by atoms with Crippen LogP contribution in [0.15, 0.2) is 54.6 Å². The minimum absolute atomic E-state index is 0.276. The van der Waals surface area contributed by atoms with Crippen molar-refractivity contribution in [3.63, 3.8) is 0 Å². The summed E-state index contributed by atoms with van der Waals surface area (Å²) in [5, 5.41) is 17.1. The van der Waals surface area contributed by atoms with Crippen LogP contribution in [0, 0.1) is 5.41 Å². The second-order valence-electron chi connectivity index (χ2n) is 6.87. The van der Waals surface area contributed by atoms with Crippen molar-refractivity contribution in [2.45, 2.75) is 26.2 Å².